The van der Waals surface area contributed by atoms with Crippen molar-refractivity contribution in [3.05, 3.63) is 82.4 Å². The first kappa shape index (κ1) is 21.7. The first-order valence-corrected chi connectivity index (χ1v) is 11.3. The minimum atomic E-state index is -0.233. The van der Waals surface area contributed by atoms with Crippen molar-refractivity contribution in [3.63, 3.8) is 0 Å². The number of nitrogens with zero attached hydrogens (tertiary/aromatic N) is 3. The molecule has 5 heteroatoms. The molecular weight excluding hydrogens is 387 g/mol. The van der Waals surface area contributed by atoms with E-state index in [0.717, 1.165) is 42.6 Å². The van der Waals surface area contributed by atoms with Gasteiger partial charge in [-0.05, 0) is 81.1 Å². The SMILES string of the molecule is Cc1nn(-c2ccc(F)cc2)c(C)c1CNCc1ccc(CN2CCC(C)CC2)cc1. The third kappa shape index (κ3) is 5.41. The van der Waals surface area contributed by atoms with Crippen molar-refractivity contribution in [1.29, 1.82) is 0 Å². The quantitative estimate of drug-likeness (QED) is 0.574. The Morgan fingerprint density at radius 3 is 2.26 bits per heavy atom. The molecule has 31 heavy (non-hydrogen) atoms. The minimum absolute atomic E-state index is 0.233. The fourth-order valence-electron chi connectivity index (χ4n) is 4.34. The van der Waals surface area contributed by atoms with Gasteiger partial charge in [0, 0.05) is 30.9 Å². The zero-order valence-corrected chi connectivity index (χ0v) is 18.9. The molecule has 1 fully saturated rings. The van der Waals surface area contributed by atoms with Crippen molar-refractivity contribution in [2.45, 2.75) is 53.2 Å². The van der Waals surface area contributed by atoms with Gasteiger partial charge in [-0.2, -0.15) is 5.10 Å². The molecule has 0 saturated carbocycles. The Kier molecular flexibility index (Phi) is 6.83. The van der Waals surface area contributed by atoms with E-state index in [-0.39, 0.29) is 5.82 Å². The van der Waals surface area contributed by atoms with Crippen LogP contribution in [-0.2, 0) is 19.6 Å². The molecule has 4 nitrogen and oxygen atoms in total. The summed E-state index contributed by atoms with van der Waals surface area (Å²) < 4.78 is 15.1. The standard InChI is InChI=1S/C26H33FN4/c1-19-12-14-30(15-13-19)18-23-6-4-22(5-7-23)16-28-17-26-20(2)29-31(21(26)3)25-10-8-24(27)9-11-25/h4-11,19,28H,12-18H2,1-3H3. The number of aryl methyl sites for hydroxylation is 1. The number of nitrogens with one attached hydrogen (secondary N) is 1. The Bertz CT molecular complexity index is 983. The second-order valence-electron chi connectivity index (χ2n) is 8.92. The molecule has 0 unspecified atom stereocenters. The van der Waals surface area contributed by atoms with Gasteiger partial charge in [0.05, 0.1) is 11.4 Å². The second kappa shape index (κ2) is 9.75. The number of rotatable bonds is 7. The highest BCUT2D eigenvalue weighted by molar-refractivity contribution is 5.37. The first-order chi connectivity index (χ1) is 15.0. The maximum absolute atomic E-state index is 13.2. The molecular formula is C26H33FN4. The van der Waals surface area contributed by atoms with Crippen LogP contribution >= 0.6 is 0 Å². The van der Waals surface area contributed by atoms with E-state index < -0.39 is 0 Å². The summed E-state index contributed by atoms with van der Waals surface area (Å²) >= 11 is 0. The van der Waals surface area contributed by atoms with E-state index >= 15 is 0 Å². The molecule has 0 radical (unpaired) electrons. The number of piperidine rings is 1. The summed E-state index contributed by atoms with van der Waals surface area (Å²) in [6.07, 6.45) is 2.64. The molecule has 0 bridgehead atoms. The Balaban J connectivity index is 1.31. The van der Waals surface area contributed by atoms with Crippen molar-refractivity contribution in [2.24, 2.45) is 5.92 Å². The smallest absolute Gasteiger partial charge is 0.123 e. The number of benzene rings is 2. The van der Waals surface area contributed by atoms with Gasteiger partial charge in [-0.3, -0.25) is 4.90 Å². The summed E-state index contributed by atoms with van der Waals surface area (Å²) in [5.41, 5.74) is 6.85. The third-order valence-electron chi connectivity index (χ3n) is 6.45. The van der Waals surface area contributed by atoms with E-state index in [1.165, 1.54) is 54.8 Å². The number of hydrogen-bond acceptors (Lipinski definition) is 3. The molecule has 1 saturated heterocycles. The van der Waals surface area contributed by atoms with Crippen LogP contribution in [0.4, 0.5) is 4.39 Å². The molecule has 164 valence electrons. The van der Waals surface area contributed by atoms with Crippen LogP contribution in [0, 0.1) is 25.6 Å². The lowest BCUT2D eigenvalue weighted by Gasteiger charge is -2.30. The van der Waals surface area contributed by atoms with E-state index in [2.05, 4.69) is 53.4 Å². The van der Waals surface area contributed by atoms with Gasteiger partial charge < -0.3 is 5.32 Å². The lowest BCUT2D eigenvalue weighted by atomic mass is 9.99. The topological polar surface area (TPSA) is 33.1 Å². The molecule has 0 amide bonds. The van der Waals surface area contributed by atoms with E-state index in [1.54, 1.807) is 12.1 Å². The average Bonchev–Trinajstić information content (AvgIpc) is 3.05. The van der Waals surface area contributed by atoms with Crippen LogP contribution in [0.1, 0.15) is 47.8 Å². The van der Waals surface area contributed by atoms with Crippen molar-refractivity contribution in [2.75, 3.05) is 13.1 Å². The predicted molar refractivity (Wildman–Crippen MR) is 124 cm³/mol. The molecule has 1 aliphatic heterocycles. The summed E-state index contributed by atoms with van der Waals surface area (Å²) in [5, 5.41) is 8.21. The zero-order chi connectivity index (χ0) is 21.8. The summed E-state index contributed by atoms with van der Waals surface area (Å²) in [5.74, 6) is 0.642. The number of halogens is 1. The summed E-state index contributed by atoms with van der Waals surface area (Å²) in [6.45, 7) is 11.5. The molecule has 0 spiro atoms. The van der Waals surface area contributed by atoms with Crippen molar-refractivity contribution < 1.29 is 4.39 Å². The van der Waals surface area contributed by atoms with Gasteiger partial charge in [0.25, 0.3) is 0 Å². The molecule has 0 aliphatic carbocycles. The van der Waals surface area contributed by atoms with Gasteiger partial charge in [-0.25, -0.2) is 9.07 Å². The maximum atomic E-state index is 13.2. The highest BCUT2D eigenvalue weighted by Gasteiger charge is 2.16. The van der Waals surface area contributed by atoms with E-state index in [9.17, 15) is 4.39 Å². The second-order valence-corrected chi connectivity index (χ2v) is 8.92. The van der Waals surface area contributed by atoms with E-state index in [1.807, 2.05) is 11.6 Å². The molecule has 1 aromatic heterocycles. The fraction of sp³-hybridized carbons (Fsp3) is 0.423. The number of hydrogen-bond donors (Lipinski definition) is 1. The predicted octanol–water partition coefficient (Wildman–Crippen LogP) is 5.15. The number of aromatic nitrogens is 2. The number of likely N-dealkylation sites (tertiary alicyclic amines) is 1. The molecule has 2 heterocycles. The van der Waals surface area contributed by atoms with Crippen molar-refractivity contribution in [1.82, 2.24) is 20.0 Å². The molecule has 3 aromatic rings. The van der Waals surface area contributed by atoms with Crippen LogP contribution in [0.15, 0.2) is 48.5 Å². The minimum Gasteiger partial charge on any atom is -0.308 e. The van der Waals surface area contributed by atoms with Gasteiger partial charge in [0.2, 0.25) is 0 Å². The van der Waals surface area contributed by atoms with Crippen LogP contribution in [0.2, 0.25) is 0 Å². The van der Waals surface area contributed by atoms with Crippen molar-refractivity contribution in [3.8, 4) is 5.69 Å². The molecule has 4 rings (SSSR count). The van der Waals surface area contributed by atoms with Crippen molar-refractivity contribution >= 4 is 0 Å². The van der Waals surface area contributed by atoms with Crippen LogP contribution in [0.5, 0.6) is 0 Å². The van der Waals surface area contributed by atoms with Crippen LogP contribution < -0.4 is 5.32 Å². The lowest BCUT2D eigenvalue weighted by Crippen LogP contribution is -2.32. The molecule has 1 N–H and O–H groups in total. The monoisotopic (exact) mass is 420 g/mol. The molecule has 1 aliphatic rings. The summed E-state index contributed by atoms with van der Waals surface area (Å²) in [4.78, 5) is 2.57. The van der Waals surface area contributed by atoms with Gasteiger partial charge in [-0.1, -0.05) is 31.2 Å². The van der Waals surface area contributed by atoms with Crippen LogP contribution in [0.25, 0.3) is 5.69 Å². The Morgan fingerprint density at radius 1 is 0.935 bits per heavy atom. The maximum Gasteiger partial charge on any atom is 0.123 e. The van der Waals surface area contributed by atoms with E-state index in [4.69, 9.17) is 0 Å². The van der Waals surface area contributed by atoms with Gasteiger partial charge in [0.1, 0.15) is 5.82 Å². The highest BCUT2D eigenvalue weighted by atomic mass is 19.1. The summed E-state index contributed by atoms with van der Waals surface area (Å²) in [7, 11) is 0. The van der Waals surface area contributed by atoms with Crippen LogP contribution in [0.3, 0.4) is 0 Å². The van der Waals surface area contributed by atoms with E-state index in [0.29, 0.717) is 0 Å². The Labute approximate surface area is 185 Å². The first-order valence-electron chi connectivity index (χ1n) is 11.3. The Hall–Kier alpha value is -2.50. The average molecular weight is 421 g/mol. The zero-order valence-electron chi connectivity index (χ0n) is 18.9. The van der Waals surface area contributed by atoms with Crippen LogP contribution in [-0.4, -0.2) is 27.8 Å². The van der Waals surface area contributed by atoms with Gasteiger partial charge in [-0.15, -0.1) is 0 Å². The van der Waals surface area contributed by atoms with Gasteiger partial charge >= 0.3 is 0 Å². The molecule has 0 atom stereocenters. The largest absolute Gasteiger partial charge is 0.308 e. The highest BCUT2D eigenvalue weighted by Crippen LogP contribution is 2.20. The third-order valence-corrected chi connectivity index (χ3v) is 6.45. The fourth-order valence-corrected chi connectivity index (χ4v) is 4.34. The lowest BCUT2D eigenvalue weighted by molar-refractivity contribution is 0.185. The van der Waals surface area contributed by atoms with Gasteiger partial charge in [0.15, 0.2) is 0 Å². The molecule has 2 aromatic carbocycles. The normalized spacial score (nSPS) is 15.5. The summed E-state index contributed by atoms with van der Waals surface area (Å²) in [6, 6.07) is 15.5. The Morgan fingerprint density at radius 2 is 1.58 bits per heavy atom.